The Bertz CT molecular complexity index is 983. The third-order valence-corrected chi connectivity index (χ3v) is 5.76. The van der Waals surface area contributed by atoms with Gasteiger partial charge in [0.15, 0.2) is 0 Å². The van der Waals surface area contributed by atoms with Crippen LogP contribution in [0.1, 0.15) is 25.3 Å². The van der Waals surface area contributed by atoms with Gasteiger partial charge in [0.25, 0.3) is 5.56 Å². The molecule has 0 spiro atoms. The van der Waals surface area contributed by atoms with Crippen molar-refractivity contribution in [1.29, 1.82) is 0 Å². The number of fused-ring (bicyclic) bond motifs is 1. The number of hydrogen-bond donors (Lipinski definition) is 2. The molecule has 0 bridgehead atoms. The molecular formula is C16H20Cl3N5O2. The summed E-state index contributed by atoms with van der Waals surface area (Å²) in [6, 6.07) is 1.59. The number of halogens is 3. The van der Waals surface area contributed by atoms with Gasteiger partial charge < -0.3 is 16.5 Å². The highest BCUT2D eigenvalue weighted by atomic mass is 35.5. The Balaban J connectivity index is 0.00000196. The lowest BCUT2D eigenvalue weighted by atomic mass is 10.1. The first kappa shape index (κ1) is 19.4. The molecule has 7 nitrogen and oxygen atoms in total. The first-order valence-corrected chi connectivity index (χ1v) is 9.09. The van der Waals surface area contributed by atoms with Crippen LogP contribution in [-0.4, -0.2) is 28.9 Å². The smallest absolute Gasteiger partial charge is 0.350 e. The number of nitrogens with two attached hydrogens (primary N) is 2. The minimum Gasteiger partial charge on any atom is -0.369 e. The molecular weight excluding hydrogens is 401 g/mol. The minimum absolute atomic E-state index is 0. The predicted molar refractivity (Wildman–Crippen MR) is 108 cm³/mol. The van der Waals surface area contributed by atoms with Gasteiger partial charge in [0.1, 0.15) is 0 Å². The molecule has 1 aliphatic carbocycles. The fraction of sp³-hybridized carbons (Fsp3) is 0.500. The van der Waals surface area contributed by atoms with E-state index in [4.69, 9.17) is 34.8 Å². The molecule has 142 valence electrons. The number of benzene rings is 1. The van der Waals surface area contributed by atoms with Gasteiger partial charge in [-0.15, -0.1) is 12.4 Å². The monoisotopic (exact) mass is 419 g/mol. The summed E-state index contributed by atoms with van der Waals surface area (Å²) in [4.78, 5) is 27.1. The summed E-state index contributed by atoms with van der Waals surface area (Å²) in [6.45, 7) is 2.14. The molecule has 0 amide bonds. The number of nitrogen functional groups attached to an aromatic ring is 1. The summed E-state index contributed by atoms with van der Waals surface area (Å²) in [5.41, 5.74) is 5.73. The van der Waals surface area contributed by atoms with Crippen molar-refractivity contribution in [3.05, 3.63) is 36.9 Å². The summed E-state index contributed by atoms with van der Waals surface area (Å²) in [7, 11) is 0. The van der Waals surface area contributed by atoms with Crippen LogP contribution < -0.4 is 27.7 Å². The van der Waals surface area contributed by atoms with Crippen molar-refractivity contribution < 1.29 is 0 Å². The fourth-order valence-electron chi connectivity index (χ4n) is 3.62. The second kappa shape index (κ2) is 6.96. The van der Waals surface area contributed by atoms with Crippen molar-refractivity contribution in [2.45, 2.75) is 25.3 Å². The average molecular weight is 421 g/mol. The van der Waals surface area contributed by atoms with Crippen molar-refractivity contribution in [2.75, 3.05) is 30.4 Å². The van der Waals surface area contributed by atoms with E-state index in [0.717, 1.165) is 32.4 Å². The Morgan fingerprint density at radius 1 is 1.19 bits per heavy atom. The Labute approximate surface area is 165 Å². The third kappa shape index (κ3) is 2.87. The lowest BCUT2D eigenvalue weighted by Crippen LogP contribution is -2.44. The predicted octanol–water partition coefficient (Wildman–Crippen LogP) is 1.73. The van der Waals surface area contributed by atoms with Gasteiger partial charge in [-0.1, -0.05) is 23.2 Å². The normalized spacial score (nSPS) is 19.8. The van der Waals surface area contributed by atoms with Crippen molar-refractivity contribution in [1.82, 2.24) is 9.24 Å². The Hall–Kier alpha value is -1.41. The molecule has 1 unspecified atom stereocenters. The molecule has 4 N–H and O–H groups in total. The largest absolute Gasteiger partial charge is 0.369 e. The SMILES string of the molecule is Cl.NCC1CCN(c2c(Cl)cc3c(=O)n(N)c(=O)n(C4CC4)c3c2Cl)C1. The van der Waals surface area contributed by atoms with Crippen LogP contribution in [0.3, 0.4) is 0 Å². The molecule has 1 saturated carbocycles. The number of anilines is 1. The molecule has 26 heavy (non-hydrogen) atoms. The van der Waals surface area contributed by atoms with E-state index in [1.807, 2.05) is 0 Å². The molecule has 4 rings (SSSR count). The highest BCUT2D eigenvalue weighted by molar-refractivity contribution is 6.42. The van der Waals surface area contributed by atoms with Crippen LogP contribution in [0, 0.1) is 5.92 Å². The first-order valence-electron chi connectivity index (χ1n) is 8.33. The summed E-state index contributed by atoms with van der Waals surface area (Å²) >= 11 is 13.1. The van der Waals surface area contributed by atoms with E-state index in [1.54, 1.807) is 6.07 Å². The zero-order chi connectivity index (χ0) is 17.9. The summed E-state index contributed by atoms with van der Waals surface area (Å²) in [6.07, 6.45) is 2.68. The van der Waals surface area contributed by atoms with Gasteiger partial charge in [0, 0.05) is 19.1 Å². The molecule has 2 aromatic rings. The van der Waals surface area contributed by atoms with Gasteiger partial charge >= 0.3 is 5.69 Å². The zero-order valence-corrected chi connectivity index (χ0v) is 16.3. The number of hydrogen-bond acceptors (Lipinski definition) is 5. The minimum atomic E-state index is -0.589. The van der Waals surface area contributed by atoms with E-state index in [-0.39, 0.29) is 23.8 Å². The van der Waals surface area contributed by atoms with Gasteiger partial charge in [-0.05, 0) is 37.8 Å². The summed E-state index contributed by atoms with van der Waals surface area (Å²) in [5, 5.41) is 0.984. The summed E-state index contributed by atoms with van der Waals surface area (Å²) in [5.74, 6) is 6.05. The fourth-order valence-corrected chi connectivity index (χ4v) is 4.40. The Kier molecular flexibility index (Phi) is 5.18. The van der Waals surface area contributed by atoms with Crippen molar-refractivity contribution in [3.8, 4) is 0 Å². The van der Waals surface area contributed by atoms with E-state index >= 15 is 0 Å². The molecule has 1 atom stereocenters. The molecule has 2 heterocycles. The summed E-state index contributed by atoms with van der Waals surface area (Å²) < 4.78 is 2.17. The van der Waals surface area contributed by atoms with Crippen LogP contribution in [0.2, 0.25) is 10.0 Å². The Morgan fingerprint density at radius 3 is 2.46 bits per heavy atom. The van der Waals surface area contributed by atoms with Crippen LogP contribution in [0.15, 0.2) is 15.7 Å². The quantitative estimate of drug-likeness (QED) is 0.737. The molecule has 1 aliphatic heterocycles. The number of aromatic nitrogens is 2. The lowest BCUT2D eigenvalue weighted by Gasteiger charge is -2.23. The van der Waals surface area contributed by atoms with Gasteiger partial charge in [0.05, 0.1) is 26.6 Å². The van der Waals surface area contributed by atoms with Crippen LogP contribution in [-0.2, 0) is 0 Å². The van der Waals surface area contributed by atoms with Crippen LogP contribution >= 0.6 is 35.6 Å². The maximum Gasteiger partial charge on any atom is 0.350 e. The van der Waals surface area contributed by atoms with E-state index in [9.17, 15) is 9.59 Å². The Morgan fingerprint density at radius 2 is 1.88 bits per heavy atom. The van der Waals surface area contributed by atoms with Crippen LogP contribution in [0.5, 0.6) is 0 Å². The number of nitrogens with zero attached hydrogens (tertiary/aromatic N) is 3. The average Bonchev–Trinajstić information content (AvgIpc) is 3.31. The second-order valence-electron chi connectivity index (χ2n) is 6.81. The standard InChI is InChI=1S/C16H19Cl2N5O2.ClH/c17-11-5-10-13(12(18)14(11)21-4-3-8(6-19)7-21)22(9-1-2-9)16(25)23(20)15(10)24;/h5,8-9H,1-4,6-7,19-20H2;1H. The third-order valence-electron chi connectivity index (χ3n) is 5.12. The maximum absolute atomic E-state index is 12.5. The molecule has 1 aromatic carbocycles. The maximum atomic E-state index is 12.5. The van der Waals surface area contributed by atoms with E-state index in [1.165, 1.54) is 4.57 Å². The molecule has 1 aromatic heterocycles. The zero-order valence-electron chi connectivity index (χ0n) is 14.0. The molecule has 2 aliphatic rings. The van der Waals surface area contributed by atoms with Crippen molar-refractivity contribution in [3.63, 3.8) is 0 Å². The topological polar surface area (TPSA) is 99.3 Å². The van der Waals surface area contributed by atoms with Crippen molar-refractivity contribution >= 4 is 52.2 Å². The molecule has 2 fully saturated rings. The van der Waals surface area contributed by atoms with Crippen LogP contribution in [0.25, 0.3) is 10.9 Å². The first-order chi connectivity index (χ1) is 11.9. The molecule has 10 heteroatoms. The van der Waals surface area contributed by atoms with Gasteiger partial charge in [0.2, 0.25) is 0 Å². The van der Waals surface area contributed by atoms with Crippen molar-refractivity contribution in [2.24, 2.45) is 11.7 Å². The van der Waals surface area contributed by atoms with E-state index < -0.39 is 11.2 Å². The van der Waals surface area contributed by atoms with Gasteiger partial charge in [-0.25, -0.2) is 4.79 Å². The molecule has 0 radical (unpaired) electrons. The van der Waals surface area contributed by atoms with E-state index in [2.05, 4.69) is 4.90 Å². The number of rotatable bonds is 3. The van der Waals surface area contributed by atoms with Crippen LogP contribution in [0.4, 0.5) is 5.69 Å². The lowest BCUT2D eigenvalue weighted by molar-refractivity contribution is 0.602. The van der Waals surface area contributed by atoms with Gasteiger partial charge in [-0.3, -0.25) is 9.36 Å². The second-order valence-corrected chi connectivity index (χ2v) is 7.60. The highest BCUT2D eigenvalue weighted by Gasteiger charge is 2.32. The molecule has 1 saturated heterocycles. The van der Waals surface area contributed by atoms with Gasteiger partial charge in [-0.2, -0.15) is 4.68 Å². The highest BCUT2D eigenvalue weighted by Crippen LogP contribution is 2.43. The van der Waals surface area contributed by atoms with E-state index in [0.29, 0.717) is 38.4 Å².